The summed E-state index contributed by atoms with van der Waals surface area (Å²) >= 11 is 5.92. The molecule has 142 valence electrons. The second-order valence-corrected chi connectivity index (χ2v) is 5.85. The number of benzene rings is 2. The first kappa shape index (κ1) is 20.3. The molecule has 2 aromatic rings. The zero-order chi connectivity index (χ0) is 19.6. The minimum Gasteiger partial charge on any atom is -0.494 e. The van der Waals surface area contributed by atoms with Crippen LogP contribution in [0.25, 0.3) is 0 Å². The first-order valence-electron chi connectivity index (χ1n) is 8.31. The van der Waals surface area contributed by atoms with Gasteiger partial charge in [0.25, 0.3) is 5.91 Å². The summed E-state index contributed by atoms with van der Waals surface area (Å²) in [7, 11) is 0. The van der Waals surface area contributed by atoms with Crippen molar-refractivity contribution in [3.8, 4) is 5.75 Å². The molecular formula is C19H20ClN3O4. The van der Waals surface area contributed by atoms with E-state index in [1.165, 1.54) is 0 Å². The molecule has 0 unspecified atom stereocenters. The van der Waals surface area contributed by atoms with Gasteiger partial charge in [0.1, 0.15) is 5.75 Å². The standard InChI is InChI=1S/C19H20ClN3O4/c1-2-27-14-9-7-13(8-10-14)23-18(25)12-21-17(24)11-22-19(26)15-5-3-4-6-16(15)20/h3-10H,2,11-12H2,1H3,(H,21,24)(H,22,26)(H,23,25). The molecule has 8 heteroatoms. The summed E-state index contributed by atoms with van der Waals surface area (Å²) in [4.78, 5) is 35.6. The number of amides is 3. The third-order valence-corrected chi connectivity index (χ3v) is 3.75. The Morgan fingerprint density at radius 3 is 2.26 bits per heavy atom. The topological polar surface area (TPSA) is 96.5 Å². The van der Waals surface area contributed by atoms with Crippen molar-refractivity contribution in [3.63, 3.8) is 0 Å². The molecule has 0 radical (unpaired) electrons. The molecular weight excluding hydrogens is 370 g/mol. The highest BCUT2D eigenvalue weighted by Gasteiger charge is 2.11. The van der Waals surface area contributed by atoms with Gasteiger partial charge in [0.05, 0.1) is 30.3 Å². The monoisotopic (exact) mass is 389 g/mol. The Balaban J connectivity index is 1.72. The molecule has 0 spiro atoms. The number of halogens is 1. The Morgan fingerprint density at radius 2 is 1.59 bits per heavy atom. The van der Waals surface area contributed by atoms with Crippen LogP contribution in [-0.2, 0) is 9.59 Å². The SMILES string of the molecule is CCOc1ccc(NC(=O)CNC(=O)CNC(=O)c2ccccc2Cl)cc1. The lowest BCUT2D eigenvalue weighted by Crippen LogP contribution is -2.40. The van der Waals surface area contributed by atoms with Gasteiger partial charge in [-0.1, -0.05) is 23.7 Å². The van der Waals surface area contributed by atoms with E-state index in [2.05, 4.69) is 16.0 Å². The lowest BCUT2D eigenvalue weighted by atomic mass is 10.2. The number of ether oxygens (including phenoxy) is 1. The lowest BCUT2D eigenvalue weighted by Gasteiger charge is -2.09. The van der Waals surface area contributed by atoms with E-state index in [-0.39, 0.29) is 24.6 Å². The molecule has 27 heavy (non-hydrogen) atoms. The smallest absolute Gasteiger partial charge is 0.253 e. The maximum absolute atomic E-state index is 12.0. The molecule has 0 aliphatic heterocycles. The maximum atomic E-state index is 12.0. The molecule has 3 N–H and O–H groups in total. The molecule has 3 amide bonds. The highest BCUT2D eigenvalue weighted by molar-refractivity contribution is 6.33. The van der Waals surface area contributed by atoms with Gasteiger partial charge in [-0.25, -0.2) is 0 Å². The minimum atomic E-state index is -0.489. The van der Waals surface area contributed by atoms with E-state index in [1.54, 1.807) is 48.5 Å². The van der Waals surface area contributed by atoms with Gasteiger partial charge in [-0.3, -0.25) is 14.4 Å². The summed E-state index contributed by atoms with van der Waals surface area (Å²) in [5.41, 5.74) is 0.866. The van der Waals surface area contributed by atoms with Crippen molar-refractivity contribution in [1.29, 1.82) is 0 Å². The molecule has 2 rings (SSSR count). The quantitative estimate of drug-likeness (QED) is 0.645. The van der Waals surface area contributed by atoms with E-state index in [0.717, 1.165) is 0 Å². The number of anilines is 1. The molecule has 2 aromatic carbocycles. The van der Waals surface area contributed by atoms with E-state index in [1.807, 2.05) is 6.92 Å². The second kappa shape index (κ2) is 10.2. The number of hydrogen-bond acceptors (Lipinski definition) is 4. The van der Waals surface area contributed by atoms with Crippen LogP contribution < -0.4 is 20.7 Å². The molecule has 0 aromatic heterocycles. The number of hydrogen-bond donors (Lipinski definition) is 3. The molecule has 0 heterocycles. The van der Waals surface area contributed by atoms with E-state index in [0.29, 0.717) is 23.1 Å². The summed E-state index contributed by atoms with van der Waals surface area (Å²) in [5, 5.41) is 7.83. The van der Waals surface area contributed by atoms with Gasteiger partial charge < -0.3 is 20.7 Å². The number of rotatable bonds is 8. The van der Waals surface area contributed by atoms with Crippen LogP contribution in [-0.4, -0.2) is 37.4 Å². The zero-order valence-electron chi connectivity index (χ0n) is 14.8. The van der Waals surface area contributed by atoms with Gasteiger partial charge >= 0.3 is 0 Å². The van der Waals surface area contributed by atoms with Gasteiger partial charge in [0, 0.05) is 5.69 Å². The normalized spacial score (nSPS) is 10.0. The summed E-state index contributed by atoms with van der Waals surface area (Å²) in [6, 6.07) is 13.4. The molecule has 0 aliphatic rings. The number of carbonyl (C=O) groups is 3. The van der Waals surface area contributed by atoms with Crippen LogP contribution in [0, 0.1) is 0 Å². The van der Waals surface area contributed by atoms with Gasteiger partial charge in [0.15, 0.2) is 0 Å². The maximum Gasteiger partial charge on any atom is 0.253 e. The first-order valence-corrected chi connectivity index (χ1v) is 8.69. The predicted octanol–water partition coefficient (Wildman–Crippen LogP) is 2.22. The zero-order valence-corrected chi connectivity index (χ0v) is 15.5. The van der Waals surface area contributed by atoms with Crippen molar-refractivity contribution in [1.82, 2.24) is 10.6 Å². The highest BCUT2D eigenvalue weighted by atomic mass is 35.5. The fourth-order valence-corrected chi connectivity index (χ4v) is 2.37. The number of nitrogens with one attached hydrogen (secondary N) is 3. The largest absolute Gasteiger partial charge is 0.494 e. The van der Waals surface area contributed by atoms with Crippen LogP contribution in [0.15, 0.2) is 48.5 Å². The Bertz CT molecular complexity index is 809. The molecule has 0 bridgehead atoms. The Morgan fingerprint density at radius 1 is 0.926 bits per heavy atom. The predicted molar refractivity (Wildman–Crippen MR) is 103 cm³/mol. The van der Waals surface area contributed by atoms with Crippen LogP contribution in [0.1, 0.15) is 17.3 Å². The van der Waals surface area contributed by atoms with E-state index in [9.17, 15) is 14.4 Å². The van der Waals surface area contributed by atoms with Crippen molar-refractivity contribution >= 4 is 35.0 Å². The van der Waals surface area contributed by atoms with Gasteiger partial charge in [0.2, 0.25) is 11.8 Å². The van der Waals surface area contributed by atoms with Crippen LogP contribution in [0.2, 0.25) is 5.02 Å². The van der Waals surface area contributed by atoms with Crippen molar-refractivity contribution in [3.05, 3.63) is 59.1 Å². The van der Waals surface area contributed by atoms with Crippen LogP contribution >= 0.6 is 11.6 Å². The Labute approximate surface area is 162 Å². The fraction of sp³-hybridized carbons (Fsp3) is 0.211. The second-order valence-electron chi connectivity index (χ2n) is 5.44. The Hall–Kier alpha value is -3.06. The molecule has 0 saturated carbocycles. The molecule has 0 fully saturated rings. The summed E-state index contributed by atoms with van der Waals surface area (Å²) < 4.78 is 5.32. The van der Waals surface area contributed by atoms with E-state index < -0.39 is 11.8 Å². The van der Waals surface area contributed by atoms with Crippen molar-refractivity contribution in [2.24, 2.45) is 0 Å². The van der Waals surface area contributed by atoms with E-state index >= 15 is 0 Å². The van der Waals surface area contributed by atoms with E-state index in [4.69, 9.17) is 16.3 Å². The van der Waals surface area contributed by atoms with Crippen LogP contribution in [0.3, 0.4) is 0 Å². The van der Waals surface area contributed by atoms with Gasteiger partial charge in [-0.05, 0) is 43.3 Å². The Kier molecular flexibility index (Phi) is 7.63. The van der Waals surface area contributed by atoms with Crippen LogP contribution in [0.4, 0.5) is 5.69 Å². The van der Waals surface area contributed by atoms with Crippen molar-refractivity contribution < 1.29 is 19.1 Å². The van der Waals surface area contributed by atoms with Gasteiger partial charge in [-0.2, -0.15) is 0 Å². The van der Waals surface area contributed by atoms with Gasteiger partial charge in [-0.15, -0.1) is 0 Å². The lowest BCUT2D eigenvalue weighted by molar-refractivity contribution is -0.123. The summed E-state index contributed by atoms with van der Waals surface area (Å²) in [6.07, 6.45) is 0. The van der Waals surface area contributed by atoms with Crippen molar-refractivity contribution in [2.75, 3.05) is 25.0 Å². The third kappa shape index (κ3) is 6.63. The highest BCUT2D eigenvalue weighted by Crippen LogP contribution is 2.15. The summed E-state index contributed by atoms with van der Waals surface area (Å²) in [6.45, 7) is 1.97. The number of carbonyl (C=O) groups excluding carboxylic acids is 3. The molecule has 0 atom stereocenters. The minimum absolute atomic E-state index is 0.214. The van der Waals surface area contributed by atoms with Crippen molar-refractivity contribution in [2.45, 2.75) is 6.92 Å². The average Bonchev–Trinajstić information content (AvgIpc) is 2.66. The first-order chi connectivity index (χ1) is 13.0. The summed E-state index contributed by atoms with van der Waals surface area (Å²) in [5.74, 6) is -0.630. The fourth-order valence-electron chi connectivity index (χ4n) is 2.15. The molecule has 0 saturated heterocycles. The molecule has 7 nitrogen and oxygen atoms in total. The van der Waals surface area contributed by atoms with Crippen LogP contribution in [0.5, 0.6) is 5.75 Å². The molecule has 0 aliphatic carbocycles. The third-order valence-electron chi connectivity index (χ3n) is 3.42. The average molecular weight is 390 g/mol.